The smallest absolute Gasteiger partial charge is 0.0847 e. The normalized spacial score (nSPS) is 21.8. The van der Waals surface area contributed by atoms with Crippen LogP contribution in [0.3, 0.4) is 0 Å². The molecule has 1 aromatic rings. The fraction of sp³-hybridized carbons (Fsp3) is 0.700. The summed E-state index contributed by atoms with van der Waals surface area (Å²) in [4.78, 5) is 0. The molecule has 0 aliphatic carbocycles. The molecule has 14 heavy (non-hydrogen) atoms. The van der Waals surface area contributed by atoms with Crippen molar-refractivity contribution in [2.24, 2.45) is 13.0 Å². The Morgan fingerprint density at radius 3 is 2.93 bits per heavy atom. The van der Waals surface area contributed by atoms with E-state index in [1.54, 1.807) is 0 Å². The van der Waals surface area contributed by atoms with Gasteiger partial charge in [0.1, 0.15) is 0 Å². The van der Waals surface area contributed by atoms with Crippen LogP contribution in [0.4, 0.5) is 0 Å². The lowest BCUT2D eigenvalue weighted by molar-refractivity contribution is 0.548. The van der Waals surface area contributed by atoms with E-state index in [0.29, 0.717) is 0 Å². The van der Waals surface area contributed by atoms with E-state index in [-0.39, 0.29) is 0 Å². The third kappa shape index (κ3) is 1.79. The predicted octanol–water partition coefficient (Wildman–Crippen LogP) is 1.53. The van der Waals surface area contributed by atoms with E-state index in [2.05, 4.69) is 10.4 Å². The number of aryl methyl sites for hydroxylation is 2. The van der Waals surface area contributed by atoms with E-state index >= 15 is 0 Å². The SMILES string of the molecule is Cc1nn(C)c(CC2CCNC2)c1Cl. The Morgan fingerprint density at radius 1 is 1.64 bits per heavy atom. The number of nitrogens with one attached hydrogen (secondary N) is 1. The zero-order chi connectivity index (χ0) is 10.1. The first-order valence-electron chi connectivity index (χ1n) is 5.07. The van der Waals surface area contributed by atoms with Crippen molar-refractivity contribution < 1.29 is 0 Å². The van der Waals surface area contributed by atoms with Gasteiger partial charge in [0, 0.05) is 7.05 Å². The van der Waals surface area contributed by atoms with Crippen LogP contribution in [-0.4, -0.2) is 22.9 Å². The maximum Gasteiger partial charge on any atom is 0.0847 e. The monoisotopic (exact) mass is 213 g/mol. The number of hydrogen-bond acceptors (Lipinski definition) is 2. The van der Waals surface area contributed by atoms with Gasteiger partial charge in [0.25, 0.3) is 0 Å². The first kappa shape index (κ1) is 9.99. The summed E-state index contributed by atoms with van der Waals surface area (Å²) in [7, 11) is 1.97. The van der Waals surface area contributed by atoms with Gasteiger partial charge >= 0.3 is 0 Å². The lowest BCUT2D eigenvalue weighted by Crippen LogP contribution is -2.12. The number of rotatable bonds is 2. The summed E-state index contributed by atoms with van der Waals surface area (Å²) < 4.78 is 1.91. The molecule has 1 unspecified atom stereocenters. The van der Waals surface area contributed by atoms with Crippen molar-refractivity contribution in [1.29, 1.82) is 0 Å². The molecule has 0 radical (unpaired) electrons. The maximum atomic E-state index is 6.19. The first-order chi connectivity index (χ1) is 6.68. The molecule has 0 aromatic carbocycles. The summed E-state index contributed by atoms with van der Waals surface area (Å²) in [6.45, 7) is 4.21. The molecule has 0 amide bonds. The predicted molar refractivity (Wildman–Crippen MR) is 57.6 cm³/mol. The summed E-state index contributed by atoms with van der Waals surface area (Å²) in [6, 6.07) is 0. The third-order valence-corrected chi connectivity index (χ3v) is 3.40. The summed E-state index contributed by atoms with van der Waals surface area (Å²) in [5, 5.41) is 8.53. The lowest BCUT2D eigenvalue weighted by atomic mass is 10.0. The Morgan fingerprint density at radius 2 is 2.43 bits per heavy atom. The summed E-state index contributed by atoms with van der Waals surface area (Å²) in [6.07, 6.45) is 2.30. The highest BCUT2D eigenvalue weighted by Crippen LogP contribution is 2.24. The molecule has 0 saturated carbocycles. The third-order valence-electron chi connectivity index (χ3n) is 2.91. The summed E-state index contributed by atoms with van der Waals surface area (Å²) >= 11 is 6.19. The first-order valence-corrected chi connectivity index (χ1v) is 5.45. The largest absolute Gasteiger partial charge is 0.316 e. The molecule has 1 aliphatic rings. The van der Waals surface area contributed by atoms with Crippen LogP contribution in [0.2, 0.25) is 5.02 Å². The van der Waals surface area contributed by atoms with Crippen LogP contribution in [0.5, 0.6) is 0 Å². The number of aromatic nitrogens is 2. The van der Waals surface area contributed by atoms with Crippen LogP contribution in [-0.2, 0) is 13.5 Å². The molecular weight excluding hydrogens is 198 g/mol. The van der Waals surface area contributed by atoms with Crippen LogP contribution in [0.15, 0.2) is 0 Å². The van der Waals surface area contributed by atoms with Gasteiger partial charge in [0.05, 0.1) is 16.4 Å². The minimum absolute atomic E-state index is 0.724. The van der Waals surface area contributed by atoms with E-state index in [1.807, 2.05) is 18.7 Å². The molecule has 0 spiro atoms. The molecule has 2 rings (SSSR count). The molecule has 4 heteroatoms. The Labute approximate surface area is 89.4 Å². The van der Waals surface area contributed by atoms with Crippen molar-refractivity contribution in [1.82, 2.24) is 15.1 Å². The van der Waals surface area contributed by atoms with Gasteiger partial charge < -0.3 is 5.32 Å². The molecule has 1 aromatic heterocycles. The molecule has 1 aliphatic heterocycles. The van der Waals surface area contributed by atoms with Crippen molar-refractivity contribution in [3.63, 3.8) is 0 Å². The van der Waals surface area contributed by atoms with Gasteiger partial charge in [-0.15, -0.1) is 0 Å². The van der Waals surface area contributed by atoms with Crippen LogP contribution in [0.25, 0.3) is 0 Å². The molecule has 78 valence electrons. The highest BCUT2D eigenvalue weighted by Gasteiger charge is 2.19. The fourth-order valence-corrected chi connectivity index (χ4v) is 2.30. The standard InChI is InChI=1S/C10H16ClN3/c1-7-10(11)9(14(2)13-7)5-8-3-4-12-6-8/h8,12H,3-6H2,1-2H3. The molecule has 1 atom stereocenters. The van der Waals surface area contributed by atoms with Crippen LogP contribution < -0.4 is 5.32 Å². The molecule has 1 saturated heterocycles. The Kier molecular flexibility index (Phi) is 2.79. The Hall–Kier alpha value is -0.540. The second-order valence-corrected chi connectivity index (χ2v) is 4.41. The quantitative estimate of drug-likeness (QED) is 0.808. The molecular formula is C10H16ClN3. The Balaban J connectivity index is 2.14. The van der Waals surface area contributed by atoms with Crippen LogP contribution in [0.1, 0.15) is 17.8 Å². The highest BCUT2D eigenvalue weighted by atomic mass is 35.5. The van der Waals surface area contributed by atoms with Gasteiger partial charge in [-0.1, -0.05) is 11.6 Å². The van der Waals surface area contributed by atoms with Crippen molar-refractivity contribution in [3.8, 4) is 0 Å². The molecule has 0 bridgehead atoms. The average molecular weight is 214 g/mol. The van der Waals surface area contributed by atoms with Crippen molar-refractivity contribution in [2.75, 3.05) is 13.1 Å². The van der Waals surface area contributed by atoms with Gasteiger partial charge in [0.2, 0.25) is 0 Å². The second kappa shape index (κ2) is 3.91. The van der Waals surface area contributed by atoms with Crippen LogP contribution in [0, 0.1) is 12.8 Å². The number of hydrogen-bond donors (Lipinski definition) is 1. The fourth-order valence-electron chi connectivity index (χ4n) is 2.06. The molecule has 3 nitrogen and oxygen atoms in total. The molecule has 1 N–H and O–H groups in total. The zero-order valence-electron chi connectivity index (χ0n) is 8.68. The van der Waals surface area contributed by atoms with Crippen molar-refractivity contribution in [3.05, 3.63) is 16.4 Å². The maximum absolute atomic E-state index is 6.19. The average Bonchev–Trinajstić information content (AvgIpc) is 2.71. The molecule has 1 fully saturated rings. The van der Waals surface area contributed by atoms with Crippen molar-refractivity contribution in [2.45, 2.75) is 19.8 Å². The summed E-state index contributed by atoms with van der Waals surface area (Å²) in [5.41, 5.74) is 2.12. The van der Waals surface area contributed by atoms with E-state index in [9.17, 15) is 0 Å². The van der Waals surface area contributed by atoms with E-state index in [0.717, 1.165) is 36.1 Å². The summed E-state index contributed by atoms with van der Waals surface area (Å²) in [5.74, 6) is 0.724. The van der Waals surface area contributed by atoms with Gasteiger partial charge in [-0.25, -0.2) is 0 Å². The Bertz CT molecular complexity index is 326. The minimum atomic E-state index is 0.724. The second-order valence-electron chi connectivity index (χ2n) is 4.03. The lowest BCUT2D eigenvalue weighted by Gasteiger charge is -2.08. The van der Waals surface area contributed by atoms with Gasteiger partial charge in [-0.05, 0) is 38.8 Å². The molecule has 2 heterocycles. The zero-order valence-corrected chi connectivity index (χ0v) is 9.43. The van der Waals surface area contributed by atoms with Gasteiger partial charge in [0.15, 0.2) is 0 Å². The van der Waals surface area contributed by atoms with E-state index < -0.39 is 0 Å². The highest BCUT2D eigenvalue weighted by molar-refractivity contribution is 6.31. The van der Waals surface area contributed by atoms with E-state index in [4.69, 9.17) is 11.6 Å². The topological polar surface area (TPSA) is 29.9 Å². The van der Waals surface area contributed by atoms with Gasteiger partial charge in [-0.2, -0.15) is 5.10 Å². The number of halogens is 1. The van der Waals surface area contributed by atoms with E-state index in [1.165, 1.54) is 12.1 Å². The van der Waals surface area contributed by atoms with Gasteiger partial charge in [-0.3, -0.25) is 4.68 Å². The number of nitrogens with zero attached hydrogens (tertiary/aromatic N) is 2. The minimum Gasteiger partial charge on any atom is -0.316 e. The van der Waals surface area contributed by atoms with Crippen LogP contribution >= 0.6 is 11.6 Å². The van der Waals surface area contributed by atoms with Crippen molar-refractivity contribution >= 4 is 11.6 Å².